The SMILES string of the molecule is C=CCCC(=O)N(C)[C@@H](C)[C@@H](OC(=O)[C@@H]1[C@H]2C(=O)N(CCCCO)[C@H](C(=O)N(CC=C)c3ccc4ccccc4c3)[C@]23CC[C@H]1O3)c1ccccc1. The number of benzene rings is 3. The number of aliphatic hydroxyl groups excluding tert-OH is 1. The van der Waals surface area contributed by atoms with Crippen LogP contribution in [-0.4, -0.2) is 89.1 Å². The van der Waals surface area contributed by atoms with Crippen LogP contribution in [0.1, 0.15) is 57.1 Å². The van der Waals surface area contributed by atoms with Crippen molar-refractivity contribution in [1.29, 1.82) is 0 Å². The standard InChI is InChI=1S/C42H49N3O7/c1-5-7-19-34(47)43(4)28(3)37(30-16-9-8-10-17-30)51-41(50)35-33-22-23-42(52-33)36(35)39(48)45(25-13-14-26-46)38(42)40(49)44(24-6-2)32-21-20-29-15-11-12-18-31(29)27-32/h5-6,8-12,15-18,20-21,27-28,33,35-38,46H,1-2,7,13-14,19,22-26H2,3-4H3/t28-,33+,35-,36-,37+,38+,42-/m0/s1. The molecule has 2 bridgehead atoms. The fraction of sp³-hybridized carbons (Fsp3) is 0.429. The Morgan fingerprint density at radius 2 is 1.77 bits per heavy atom. The van der Waals surface area contributed by atoms with Crippen LogP contribution in [0, 0.1) is 11.8 Å². The van der Waals surface area contributed by atoms with Crippen LogP contribution < -0.4 is 4.90 Å². The zero-order valence-electron chi connectivity index (χ0n) is 30.1. The summed E-state index contributed by atoms with van der Waals surface area (Å²) in [7, 11) is 1.70. The number of carbonyl (C=O) groups excluding carboxylic acids is 4. The third-order valence-corrected chi connectivity index (χ3v) is 11.1. The molecule has 10 heteroatoms. The molecule has 0 saturated carbocycles. The van der Waals surface area contributed by atoms with Crippen molar-refractivity contribution in [3.05, 3.63) is 104 Å². The summed E-state index contributed by atoms with van der Waals surface area (Å²) in [6, 6.07) is 21.5. The largest absolute Gasteiger partial charge is 0.455 e. The van der Waals surface area contributed by atoms with Crippen LogP contribution in [-0.2, 0) is 28.7 Å². The van der Waals surface area contributed by atoms with Crippen LogP contribution in [0.2, 0.25) is 0 Å². The van der Waals surface area contributed by atoms with Gasteiger partial charge in [0.2, 0.25) is 11.8 Å². The molecule has 0 aromatic heterocycles. The molecule has 3 aliphatic heterocycles. The highest BCUT2D eigenvalue weighted by molar-refractivity contribution is 6.05. The molecule has 3 fully saturated rings. The predicted octanol–water partition coefficient (Wildman–Crippen LogP) is 5.60. The van der Waals surface area contributed by atoms with Gasteiger partial charge in [-0.1, -0.05) is 72.8 Å². The first kappa shape index (κ1) is 37.0. The number of anilines is 1. The number of hydrogen-bond acceptors (Lipinski definition) is 7. The van der Waals surface area contributed by atoms with Crippen molar-refractivity contribution < 1.29 is 33.8 Å². The molecule has 0 aliphatic carbocycles. The second-order valence-electron chi connectivity index (χ2n) is 14.1. The highest BCUT2D eigenvalue weighted by Gasteiger charge is 2.75. The molecule has 274 valence electrons. The van der Waals surface area contributed by atoms with Gasteiger partial charge in [-0.3, -0.25) is 19.2 Å². The molecule has 3 aromatic rings. The average Bonchev–Trinajstić information content (AvgIpc) is 3.81. The number of amides is 3. The number of hydrogen-bond donors (Lipinski definition) is 1. The van der Waals surface area contributed by atoms with Gasteiger partial charge >= 0.3 is 5.97 Å². The molecule has 10 nitrogen and oxygen atoms in total. The van der Waals surface area contributed by atoms with Crippen molar-refractivity contribution in [1.82, 2.24) is 9.80 Å². The quantitative estimate of drug-likeness (QED) is 0.117. The first-order chi connectivity index (χ1) is 25.2. The van der Waals surface area contributed by atoms with E-state index in [0.717, 1.165) is 16.3 Å². The molecule has 1 spiro atoms. The highest BCUT2D eigenvalue weighted by atomic mass is 16.6. The number of carbonyl (C=O) groups is 4. The Balaban J connectivity index is 1.33. The summed E-state index contributed by atoms with van der Waals surface area (Å²) >= 11 is 0. The van der Waals surface area contributed by atoms with Crippen LogP contribution in [0.25, 0.3) is 10.8 Å². The maximum atomic E-state index is 14.9. The number of ether oxygens (including phenoxy) is 2. The van der Waals surface area contributed by atoms with Crippen LogP contribution in [0.4, 0.5) is 5.69 Å². The van der Waals surface area contributed by atoms with Crippen molar-refractivity contribution in [3.63, 3.8) is 0 Å². The molecule has 3 amide bonds. The predicted molar refractivity (Wildman–Crippen MR) is 199 cm³/mol. The number of rotatable bonds is 16. The smallest absolute Gasteiger partial charge is 0.313 e. The van der Waals surface area contributed by atoms with Gasteiger partial charge in [-0.2, -0.15) is 0 Å². The molecule has 7 atom stereocenters. The van der Waals surface area contributed by atoms with Gasteiger partial charge in [0, 0.05) is 38.9 Å². The van der Waals surface area contributed by atoms with E-state index in [-0.39, 0.29) is 43.8 Å². The second kappa shape index (κ2) is 15.8. The minimum absolute atomic E-state index is 0.0496. The van der Waals surface area contributed by atoms with Crippen LogP contribution in [0.5, 0.6) is 0 Å². The van der Waals surface area contributed by atoms with E-state index in [9.17, 15) is 24.3 Å². The summed E-state index contributed by atoms with van der Waals surface area (Å²) in [6.45, 7) is 9.86. The number of likely N-dealkylation sites (tertiary alicyclic amines) is 1. The molecule has 0 unspecified atom stereocenters. The molecular weight excluding hydrogens is 658 g/mol. The topological polar surface area (TPSA) is 117 Å². The Morgan fingerprint density at radius 3 is 2.48 bits per heavy atom. The number of unbranched alkanes of at least 4 members (excludes halogenated alkanes) is 1. The molecule has 52 heavy (non-hydrogen) atoms. The lowest BCUT2D eigenvalue weighted by Crippen LogP contribution is -2.56. The van der Waals surface area contributed by atoms with E-state index in [2.05, 4.69) is 13.2 Å². The molecular formula is C42H49N3O7. The van der Waals surface area contributed by atoms with E-state index in [0.29, 0.717) is 37.8 Å². The maximum Gasteiger partial charge on any atom is 0.313 e. The summed E-state index contributed by atoms with van der Waals surface area (Å²) in [6.07, 6.45) is 4.59. The number of aliphatic hydroxyl groups is 1. The Hall–Kier alpha value is -4.80. The van der Waals surface area contributed by atoms with Crippen molar-refractivity contribution in [3.8, 4) is 0 Å². The normalized spacial score (nSPS) is 24.3. The van der Waals surface area contributed by atoms with Crippen molar-refractivity contribution in [2.45, 2.75) is 75.3 Å². The molecule has 1 N–H and O–H groups in total. The van der Waals surface area contributed by atoms with Crippen molar-refractivity contribution in [2.75, 3.05) is 31.6 Å². The average molecular weight is 708 g/mol. The van der Waals surface area contributed by atoms with Gasteiger partial charge in [0.1, 0.15) is 17.7 Å². The van der Waals surface area contributed by atoms with Gasteiger partial charge in [-0.15, -0.1) is 13.2 Å². The van der Waals surface area contributed by atoms with Crippen molar-refractivity contribution >= 4 is 40.2 Å². The van der Waals surface area contributed by atoms with Crippen LogP contribution >= 0.6 is 0 Å². The van der Waals surface area contributed by atoms with Crippen LogP contribution in [0.3, 0.4) is 0 Å². The second-order valence-corrected chi connectivity index (χ2v) is 14.1. The fourth-order valence-electron chi connectivity index (χ4n) is 8.40. The van der Waals surface area contributed by atoms with Crippen molar-refractivity contribution in [2.24, 2.45) is 11.8 Å². The molecule has 3 aromatic carbocycles. The molecule has 3 heterocycles. The van der Waals surface area contributed by atoms with E-state index in [4.69, 9.17) is 9.47 Å². The van der Waals surface area contributed by atoms with Crippen LogP contribution in [0.15, 0.2) is 98.1 Å². The zero-order chi connectivity index (χ0) is 37.0. The summed E-state index contributed by atoms with van der Waals surface area (Å²) in [5.74, 6) is -3.18. The van der Waals surface area contributed by atoms with Gasteiger partial charge in [0.15, 0.2) is 0 Å². The Labute approximate surface area is 305 Å². The third kappa shape index (κ3) is 6.77. The van der Waals surface area contributed by atoms with E-state index >= 15 is 0 Å². The fourth-order valence-corrected chi connectivity index (χ4v) is 8.40. The lowest BCUT2D eigenvalue weighted by Gasteiger charge is -2.37. The number of allylic oxidation sites excluding steroid dienone is 1. The zero-order valence-corrected chi connectivity index (χ0v) is 30.1. The molecule has 0 radical (unpaired) electrons. The highest BCUT2D eigenvalue weighted by Crippen LogP contribution is 2.59. The van der Waals surface area contributed by atoms with E-state index < -0.39 is 47.7 Å². The molecule has 3 aliphatic rings. The maximum absolute atomic E-state index is 14.9. The lowest BCUT2D eigenvalue weighted by atomic mass is 9.70. The summed E-state index contributed by atoms with van der Waals surface area (Å²) in [4.78, 5) is 61.8. The van der Waals surface area contributed by atoms with Gasteiger partial charge in [-0.25, -0.2) is 0 Å². The summed E-state index contributed by atoms with van der Waals surface area (Å²) < 4.78 is 13.1. The van der Waals surface area contributed by atoms with Gasteiger partial charge in [-0.05, 0) is 67.5 Å². The van der Waals surface area contributed by atoms with Gasteiger partial charge in [0.25, 0.3) is 5.91 Å². The van der Waals surface area contributed by atoms with E-state index in [1.807, 2.05) is 79.7 Å². The van der Waals surface area contributed by atoms with E-state index in [1.54, 1.807) is 33.9 Å². The van der Waals surface area contributed by atoms with E-state index in [1.165, 1.54) is 0 Å². The lowest BCUT2D eigenvalue weighted by molar-refractivity contribution is -0.164. The third-order valence-electron chi connectivity index (χ3n) is 11.1. The van der Waals surface area contributed by atoms with Gasteiger partial charge < -0.3 is 29.3 Å². The summed E-state index contributed by atoms with van der Waals surface area (Å²) in [5, 5.41) is 11.6. The first-order valence-corrected chi connectivity index (χ1v) is 18.3. The van der Waals surface area contributed by atoms with Gasteiger partial charge in [0.05, 0.1) is 24.0 Å². The first-order valence-electron chi connectivity index (χ1n) is 18.3. The Kier molecular flexibility index (Phi) is 11.3. The number of fused-ring (bicyclic) bond motifs is 2. The number of esters is 1. The summed E-state index contributed by atoms with van der Waals surface area (Å²) in [5.41, 5.74) is 0.155. The monoisotopic (exact) mass is 707 g/mol. The Morgan fingerprint density at radius 1 is 1.04 bits per heavy atom. The Bertz CT molecular complexity index is 1810. The number of likely N-dealkylation sites (N-methyl/N-ethyl adjacent to an activating group) is 1. The minimum Gasteiger partial charge on any atom is -0.455 e. The molecule has 6 rings (SSSR count). The molecule has 3 saturated heterocycles. The minimum atomic E-state index is -1.23. The number of nitrogens with zero attached hydrogens (tertiary/aromatic N) is 3.